The van der Waals surface area contributed by atoms with E-state index in [0.29, 0.717) is 61.3 Å². The van der Waals surface area contributed by atoms with Gasteiger partial charge in [-0.3, -0.25) is 14.3 Å². The Bertz CT molecular complexity index is 1150. The maximum Gasteiger partial charge on any atom is 0.274 e. The van der Waals surface area contributed by atoms with E-state index in [1.54, 1.807) is 34.9 Å². The molecule has 1 N–H and O–H groups in total. The molecule has 9 nitrogen and oxygen atoms in total. The molecule has 0 radical (unpaired) electrons. The lowest BCUT2D eigenvalue weighted by atomic mass is 10.1. The minimum Gasteiger partial charge on any atom is -0.493 e. The number of aryl methyl sites for hydroxylation is 1. The number of para-hydroxylation sites is 2. The first-order chi connectivity index (χ1) is 16.6. The largest absolute Gasteiger partial charge is 0.493 e. The number of amides is 2. The molecule has 1 aromatic heterocycles. The molecule has 1 aliphatic heterocycles. The number of nitrogens with zero attached hydrogens (tertiary/aromatic N) is 3. The van der Waals surface area contributed by atoms with Crippen molar-refractivity contribution in [3.8, 4) is 11.5 Å². The molecular formula is C25H28N4O5. The fraction of sp³-hybridized carbons (Fsp3) is 0.320. The minimum absolute atomic E-state index is 0.170. The summed E-state index contributed by atoms with van der Waals surface area (Å²) in [6.07, 6.45) is 1.52. The van der Waals surface area contributed by atoms with Crippen LogP contribution in [0.5, 0.6) is 11.5 Å². The van der Waals surface area contributed by atoms with Gasteiger partial charge in [0.1, 0.15) is 12.3 Å². The fourth-order valence-electron chi connectivity index (χ4n) is 3.75. The average Bonchev–Trinajstić information content (AvgIpc) is 3.30. The van der Waals surface area contributed by atoms with Gasteiger partial charge in [0.2, 0.25) is 0 Å². The van der Waals surface area contributed by atoms with Crippen molar-refractivity contribution >= 4 is 17.5 Å². The molecule has 0 bridgehead atoms. The zero-order valence-electron chi connectivity index (χ0n) is 19.3. The summed E-state index contributed by atoms with van der Waals surface area (Å²) >= 11 is 0. The van der Waals surface area contributed by atoms with Crippen LogP contribution in [0.3, 0.4) is 0 Å². The highest BCUT2D eigenvalue weighted by atomic mass is 16.5. The lowest BCUT2D eigenvalue weighted by molar-refractivity contribution is 0.0295. The summed E-state index contributed by atoms with van der Waals surface area (Å²) in [5.74, 6) is 0.766. The van der Waals surface area contributed by atoms with E-state index in [1.165, 1.54) is 6.20 Å². The number of ether oxygens (including phenoxy) is 3. The quantitative estimate of drug-likeness (QED) is 0.550. The Morgan fingerprint density at radius 2 is 1.85 bits per heavy atom. The van der Waals surface area contributed by atoms with Crippen molar-refractivity contribution in [3.05, 3.63) is 71.5 Å². The van der Waals surface area contributed by atoms with Crippen molar-refractivity contribution in [2.45, 2.75) is 20.1 Å². The summed E-state index contributed by atoms with van der Waals surface area (Å²) in [5.41, 5.74) is 2.04. The van der Waals surface area contributed by atoms with Crippen LogP contribution in [0.1, 0.15) is 33.3 Å². The molecule has 9 heteroatoms. The number of hydrogen-bond donors (Lipinski definition) is 1. The molecule has 0 aliphatic carbocycles. The van der Waals surface area contributed by atoms with Crippen molar-refractivity contribution in [3.63, 3.8) is 0 Å². The lowest BCUT2D eigenvalue weighted by Crippen LogP contribution is -2.41. The monoisotopic (exact) mass is 464 g/mol. The van der Waals surface area contributed by atoms with Crippen LogP contribution in [0.2, 0.25) is 0 Å². The molecule has 0 atom stereocenters. The van der Waals surface area contributed by atoms with E-state index < -0.39 is 0 Å². The average molecular weight is 465 g/mol. The standard InChI is InChI=1S/C25H28N4O5/c1-3-29-23(25(31)28-11-13-33-14-12-28)20(16-26-29)27-24(30)19-8-6-7-18(15-19)17-34-22-10-5-4-9-21(22)32-2/h4-10,15-16H,3,11-14,17H2,1-2H3,(H,27,30). The first-order valence-electron chi connectivity index (χ1n) is 11.2. The van der Waals surface area contributed by atoms with Crippen LogP contribution in [0, 0.1) is 0 Å². The predicted molar refractivity (Wildman–Crippen MR) is 126 cm³/mol. The van der Waals surface area contributed by atoms with Gasteiger partial charge in [0.25, 0.3) is 11.8 Å². The second kappa shape index (κ2) is 10.8. The van der Waals surface area contributed by atoms with Crippen LogP contribution in [-0.2, 0) is 17.9 Å². The van der Waals surface area contributed by atoms with Gasteiger partial charge in [-0.2, -0.15) is 5.10 Å². The van der Waals surface area contributed by atoms with Crippen LogP contribution in [0.4, 0.5) is 5.69 Å². The van der Waals surface area contributed by atoms with Gasteiger partial charge in [-0.25, -0.2) is 0 Å². The number of hydrogen-bond acceptors (Lipinski definition) is 6. The van der Waals surface area contributed by atoms with Crippen LogP contribution in [0.25, 0.3) is 0 Å². The molecule has 0 spiro atoms. The molecule has 4 rings (SSSR count). The Kier molecular flexibility index (Phi) is 7.44. The highest BCUT2D eigenvalue weighted by Gasteiger charge is 2.26. The third-order valence-corrected chi connectivity index (χ3v) is 5.54. The molecular weight excluding hydrogens is 436 g/mol. The molecule has 2 aromatic carbocycles. The molecule has 178 valence electrons. The van der Waals surface area contributed by atoms with Crippen molar-refractivity contribution < 1.29 is 23.8 Å². The van der Waals surface area contributed by atoms with Gasteiger partial charge in [0.05, 0.1) is 32.2 Å². The van der Waals surface area contributed by atoms with Crippen molar-refractivity contribution in [1.82, 2.24) is 14.7 Å². The number of methoxy groups -OCH3 is 1. The fourth-order valence-corrected chi connectivity index (χ4v) is 3.75. The van der Waals surface area contributed by atoms with Gasteiger partial charge in [-0.15, -0.1) is 0 Å². The second-order valence-electron chi connectivity index (χ2n) is 7.72. The maximum absolute atomic E-state index is 13.1. The summed E-state index contributed by atoms with van der Waals surface area (Å²) in [6, 6.07) is 14.6. The summed E-state index contributed by atoms with van der Waals surface area (Å²) in [4.78, 5) is 27.9. The number of carbonyl (C=O) groups is 2. The van der Waals surface area contributed by atoms with E-state index in [0.717, 1.165) is 5.56 Å². The lowest BCUT2D eigenvalue weighted by Gasteiger charge is -2.27. The Labute approximate surface area is 198 Å². The second-order valence-corrected chi connectivity index (χ2v) is 7.72. The molecule has 0 unspecified atom stereocenters. The maximum atomic E-state index is 13.1. The van der Waals surface area contributed by atoms with E-state index >= 15 is 0 Å². The minimum atomic E-state index is -0.328. The molecule has 3 aromatic rings. The number of benzene rings is 2. The van der Waals surface area contributed by atoms with E-state index in [2.05, 4.69) is 10.4 Å². The van der Waals surface area contributed by atoms with Gasteiger partial charge in [-0.05, 0) is 36.8 Å². The molecule has 1 aliphatic rings. The Morgan fingerprint density at radius 3 is 2.59 bits per heavy atom. The van der Waals surface area contributed by atoms with Gasteiger partial charge >= 0.3 is 0 Å². The molecule has 34 heavy (non-hydrogen) atoms. The molecule has 1 fully saturated rings. The summed E-state index contributed by atoms with van der Waals surface area (Å²) in [7, 11) is 1.59. The first kappa shape index (κ1) is 23.3. The van der Waals surface area contributed by atoms with Gasteiger partial charge in [0.15, 0.2) is 11.5 Å². The van der Waals surface area contributed by atoms with Crippen LogP contribution in [0.15, 0.2) is 54.7 Å². The third-order valence-electron chi connectivity index (χ3n) is 5.54. The Hall–Kier alpha value is -3.85. The predicted octanol–water partition coefficient (Wildman–Crippen LogP) is 3.22. The van der Waals surface area contributed by atoms with E-state index in [-0.39, 0.29) is 18.4 Å². The van der Waals surface area contributed by atoms with Crippen molar-refractivity contribution in [1.29, 1.82) is 0 Å². The van der Waals surface area contributed by atoms with Crippen LogP contribution in [-0.4, -0.2) is 59.9 Å². The number of aromatic nitrogens is 2. The van der Waals surface area contributed by atoms with E-state index in [4.69, 9.17) is 14.2 Å². The van der Waals surface area contributed by atoms with E-state index in [1.807, 2.05) is 37.3 Å². The molecule has 2 heterocycles. The molecule has 2 amide bonds. The number of morpholine rings is 1. The molecule has 0 saturated carbocycles. The van der Waals surface area contributed by atoms with Gasteiger partial charge in [0, 0.05) is 25.2 Å². The van der Waals surface area contributed by atoms with Gasteiger partial charge in [-0.1, -0.05) is 24.3 Å². The number of rotatable bonds is 8. The highest BCUT2D eigenvalue weighted by Crippen LogP contribution is 2.27. The highest BCUT2D eigenvalue weighted by molar-refractivity contribution is 6.08. The zero-order chi connectivity index (χ0) is 23.9. The SMILES string of the molecule is CCn1ncc(NC(=O)c2cccc(COc3ccccc3OC)c2)c1C(=O)N1CCOCC1. The van der Waals surface area contributed by atoms with Crippen LogP contribution >= 0.6 is 0 Å². The first-order valence-corrected chi connectivity index (χ1v) is 11.2. The van der Waals surface area contributed by atoms with Crippen molar-refractivity contribution in [2.75, 3.05) is 38.7 Å². The number of anilines is 1. The molecule has 1 saturated heterocycles. The normalized spacial score (nSPS) is 13.4. The summed E-state index contributed by atoms with van der Waals surface area (Å²) in [6.45, 7) is 4.70. The smallest absolute Gasteiger partial charge is 0.274 e. The third kappa shape index (κ3) is 5.20. The zero-order valence-corrected chi connectivity index (χ0v) is 19.3. The van der Waals surface area contributed by atoms with E-state index in [9.17, 15) is 9.59 Å². The number of nitrogens with one attached hydrogen (secondary N) is 1. The summed E-state index contributed by atoms with van der Waals surface area (Å²) in [5, 5.41) is 7.14. The topological polar surface area (TPSA) is 94.9 Å². The number of carbonyl (C=O) groups excluding carboxylic acids is 2. The van der Waals surface area contributed by atoms with Crippen molar-refractivity contribution in [2.24, 2.45) is 0 Å². The van der Waals surface area contributed by atoms with Crippen LogP contribution < -0.4 is 14.8 Å². The van der Waals surface area contributed by atoms with Gasteiger partial charge < -0.3 is 24.4 Å². The summed E-state index contributed by atoms with van der Waals surface area (Å²) < 4.78 is 18.1. The Balaban J connectivity index is 1.48. The Morgan fingerprint density at radius 1 is 1.09 bits per heavy atom.